The third-order valence-corrected chi connectivity index (χ3v) is 9.94. The van der Waals surface area contributed by atoms with E-state index in [1.165, 1.54) is 14.8 Å². The summed E-state index contributed by atoms with van der Waals surface area (Å²) in [5.41, 5.74) is 0.303. The molecule has 0 aliphatic carbocycles. The summed E-state index contributed by atoms with van der Waals surface area (Å²) in [5.74, 6) is 0. The molecule has 0 aliphatic rings. The van der Waals surface area contributed by atoms with E-state index in [0.717, 1.165) is 10.4 Å². The zero-order valence-corrected chi connectivity index (χ0v) is 17.3. The maximum atomic E-state index is 13.7. The van der Waals surface area contributed by atoms with Crippen LogP contribution in [0.5, 0.6) is 0 Å². The van der Waals surface area contributed by atoms with Crippen LogP contribution in [0.3, 0.4) is 0 Å². The van der Waals surface area contributed by atoms with Crippen molar-refractivity contribution in [1.29, 1.82) is 0 Å². The van der Waals surface area contributed by atoms with Gasteiger partial charge in [0.1, 0.15) is 0 Å². The maximum absolute atomic E-state index is 13.7. The van der Waals surface area contributed by atoms with E-state index in [2.05, 4.69) is 24.3 Å². The average Bonchev–Trinajstić information content (AvgIpc) is 2.75. The van der Waals surface area contributed by atoms with Crippen molar-refractivity contribution < 1.29 is 13.2 Å². The predicted molar refractivity (Wildman–Crippen MR) is 114 cm³/mol. The van der Waals surface area contributed by atoms with Gasteiger partial charge < -0.3 is 0 Å². The summed E-state index contributed by atoms with van der Waals surface area (Å²) in [6, 6.07) is 33.6. The van der Waals surface area contributed by atoms with E-state index >= 15 is 0 Å². The molecule has 0 bridgehead atoms. The van der Waals surface area contributed by atoms with Gasteiger partial charge in [0.25, 0.3) is 0 Å². The van der Waals surface area contributed by atoms with Crippen molar-refractivity contribution in [3.8, 4) is 11.1 Å². The third kappa shape index (κ3) is 4.16. The molecule has 0 spiro atoms. The minimum absolute atomic E-state index is 0.238. The molecule has 0 saturated carbocycles. The molecule has 0 heterocycles. The molecule has 0 unspecified atom stereocenters. The van der Waals surface area contributed by atoms with Crippen LogP contribution in [0.25, 0.3) is 11.1 Å². The molecule has 0 aliphatic heterocycles. The molecule has 4 heteroatoms. The second-order valence-electron chi connectivity index (χ2n) is 6.57. The Morgan fingerprint density at radius 2 is 0.931 bits per heavy atom. The van der Waals surface area contributed by atoms with Gasteiger partial charge in [-0.25, -0.2) is 0 Å². The Bertz CT molecular complexity index is 1050. The van der Waals surface area contributed by atoms with Crippen molar-refractivity contribution in [2.75, 3.05) is 0 Å². The van der Waals surface area contributed by atoms with Crippen LogP contribution in [-0.2, 0) is 6.18 Å². The molecule has 4 aromatic rings. The number of benzene rings is 4. The zero-order chi connectivity index (χ0) is 20.3. The second-order valence-corrected chi connectivity index (χ2v) is 11.2. The van der Waals surface area contributed by atoms with E-state index in [-0.39, 0.29) is 5.56 Å². The van der Waals surface area contributed by atoms with Crippen LogP contribution in [0.4, 0.5) is 13.2 Å². The van der Waals surface area contributed by atoms with E-state index < -0.39 is 26.4 Å². The quantitative estimate of drug-likeness (QED) is 0.389. The van der Waals surface area contributed by atoms with Gasteiger partial charge in [0.05, 0.1) is 0 Å². The predicted octanol–water partition coefficient (Wildman–Crippen LogP) is 4.89. The van der Waals surface area contributed by atoms with Crippen LogP contribution in [0.2, 0.25) is 0 Å². The van der Waals surface area contributed by atoms with Crippen molar-refractivity contribution in [3.05, 3.63) is 115 Å². The van der Waals surface area contributed by atoms with Crippen LogP contribution < -0.4 is 13.1 Å². The van der Waals surface area contributed by atoms with E-state index in [1.54, 1.807) is 12.1 Å². The van der Waals surface area contributed by atoms with Gasteiger partial charge in [-0.05, 0) is 0 Å². The van der Waals surface area contributed by atoms with E-state index in [0.29, 0.717) is 5.56 Å². The van der Waals surface area contributed by atoms with E-state index in [4.69, 9.17) is 0 Å². The van der Waals surface area contributed by atoms with Crippen LogP contribution in [0.15, 0.2) is 109 Å². The van der Waals surface area contributed by atoms with Gasteiger partial charge in [0.15, 0.2) is 0 Å². The average molecular weight is 450 g/mol. The second kappa shape index (κ2) is 8.30. The monoisotopic (exact) mass is 450 g/mol. The van der Waals surface area contributed by atoms with Crippen molar-refractivity contribution >= 4 is 27.7 Å². The van der Waals surface area contributed by atoms with E-state index in [9.17, 15) is 13.2 Å². The van der Waals surface area contributed by atoms with Crippen molar-refractivity contribution in [3.63, 3.8) is 0 Å². The van der Waals surface area contributed by atoms with Crippen LogP contribution >= 0.6 is 0 Å². The van der Waals surface area contributed by atoms with Crippen molar-refractivity contribution in [1.82, 2.24) is 0 Å². The van der Waals surface area contributed by atoms with Gasteiger partial charge in [-0.2, -0.15) is 0 Å². The normalized spacial score (nSPS) is 11.6. The minimum atomic E-state index is -4.40. The topological polar surface area (TPSA) is 0 Å². The first-order valence-electron chi connectivity index (χ1n) is 9.21. The number of hydrogen-bond donors (Lipinski definition) is 0. The molecule has 144 valence electrons. The molecule has 0 radical (unpaired) electrons. The van der Waals surface area contributed by atoms with Crippen molar-refractivity contribution in [2.24, 2.45) is 0 Å². The zero-order valence-electron chi connectivity index (χ0n) is 15.5. The van der Waals surface area contributed by atoms with Gasteiger partial charge in [0.2, 0.25) is 0 Å². The number of hydrogen-bond acceptors (Lipinski definition) is 0. The SMILES string of the molecule is FC(F)(F)c1ccccc1-c1ccccc1[As](c1ccccc1)c1ccccc1. The molecule has 0 amide bonds. The van der Waals surface area contributed by atoms with E-state index in [1.807, 2.05) is 60.7 Å². The molecule has 0 nitrogen and oxygen atoms in total. The first kappa shape index (κ1) is 19.5. The van der Waals surface area contributed by atoms with Gasteiger partial charge in [-0.3, -0.25) is 0 Å². The Morgan fingerprint density at radius 3 is 1.48 bits per heavy atom. The fraction of sp³-hybridized carbons (Fsp3) is 0.0400. The van der Waals surface area contributed by atoms with Crippen molar-refractivity contribution in [2.45, 2.75) is 6.18 Å². The molecule has 0 atom stereocenters. The van der Waals surface area contributed by atoms with Gasteiger partial charge in [-0.15, -0.1) is 0 Å². The number of halogens is 3. The Kier molecular flexibility index (Phi) is 5.60. The van der Waals surface area contributed by atoms with Gasteiger partial charge in [-0.1, -0.05) is 0 Å². The standard InChI is InChI=1S/C25H18AsF3/c27-25(28,29)23-17-9-7-15-21(23)22-16-8-10-18-24(22)26(19-11-3-1-4-12-19)20-13-5-2-6-14-20/h1-18H. The first-order valence-corrected chi connectivity index (χ1v) is 12.0. The Hall–Kier alpha value is -2.77. The molecule has 0 saturated heterocycles. The molecular weight excluding hydrogens is 432 g/mol. The summed E-state index contributed by atoms with van der Waals surface area (Å²) in [5, 5.41) is 0. The third-order valence-electron chi connectivity index (χ3n) is 4.70. The summed E-state index contributed by atoms with van der Waals surface area (Å²) in [6.07, 6.45) is -4.40. The molecule has 29 heavy (non-hydrogen) atoms. The van der Waals surface area contributed by atoms with Crippen LogP contribution in [0, 0.1) is 0 Å². The van der Waals surface area contributed by atoms with Crippen LogP contribution in [0.1, 0.15) is 5.56 Å². The summed E-state index contributed by atoms with van der Waals surface area (Å²) < 4.78 is 44.5. The molecule has 0 aromatic heterocycles. The van der Waals surface area contributed by atoms with Crippen LogP contribution in [-0.4, -0.2) is 14.7 Å². The van der Waals surface area contributed by atoms with Gasteiger partial charge >= 0.3 is 173 Å². The van der Waals surface area contributed by atoms with Gasteiger partial charge in [0, 0.05) is 0 Å². The summed E-state index contributed by atoms with van der Waals surface area (Å²) in [6.45, 7) is 0. The number of alkyl halides is 3. The molecule has 4 aromatic carbocycles. The summed E-state index contributed by atoms with van der Waals surface area (Å²) >= 11 is -2.05. The Morgan fingerprint density at radius 1 is 0.483 bits per heavy atom. The molecular formula is C25H18AsF3. The fourth-order valence-corrected chi connectivity index (χ4v) is 8.62. The Balaban J connectivity index is 1.97. The first-order chi connectivity index (χ1) is 14.1. The summed E-state index contributed by atoms with van der Waals surface area (Å²) in [4.78, 5) is 0. The molecule has 0 N–H and O–H groups in total. The summed E-state index contributed by atoms with van der Waals surface area (Å²) in [7, 11) is 0. The Labute approximate surface area is 172 Å². The fourth-order valence-electron chi connectivity index (χ4n) is 3.44. The molecule has 0 fully saturated rings. The molecule has 4 rings (SSSR count). The number of rotatable bonds is 4.